The number of alkyl halides is 3. The summed E-state index contributed by atoms with van der Waals surface area (Å²) in [6.07, 6.45) is 2.02. The number of imidazole rings is 1. The summed E-state index contributed by atoms with van der Waals surface area (Å²) < 4.78 is 35.9. The maximum Gasteiger partial charge on any atom is 0.490 e. The van der Waals surface area contributed by atoms with Gasteiger partial charge in [0.05, 0.1) is 31.5 Å². The Bertz CT molecular complexity index is 894. The van der Waals surface area contributed by atoms with Gasteiger partial charge in [0.25, 0.3) is 0 Å². The molecule has 1 aliphatic heterocycles. The summed E-state index contributed by atoms with van der Waals surface area (Å²) in [6.45, 7) is 4.48. The van der Waals surface area contributed by atoms with Crippen LogP contribution in [-0.4, -0.2) is 58.0 Å². The second kappa shape index (κ2) is 8.48. The number of fused-ring (bicyclic) bond motifs is 1. The Hall–Kier alpha value is -2.80. The predicted molar refractivity (Wildman–Crippen MR) is 91.3 cm³/mol. The lowest BCUT2D eigenvalue weighted by molar-refractivity contribution is -0.192. The number of nitrogens with zero attached hydrogens (tertiary/aromatic N) is 7. The molecule has 0 atom stereocenters. The highest BCUT2D eigenvalue weighted by Crippen LogP contribution is 2.18. The molecule has 1 aliphatic rings. The number of hydrogen-bond donors (Lipinski definition) is 1. The summed E-state index contributed by atoms with van der Waals surface area (Å²) in [4.78, 5) is 24.2. The monoisotopic (exact) mass is 415 g/mol. The molecule has 1 N–H and O–H groups in total. The van der Waals surface area contributed by atoms with E-state index in [9.17, 15) is 13.2 Å². The van der Waals surface area contributed by atoms with Gasteiger partial charge in [-0.15, -0.1) is 11.3 Å². The average molecular weight is 415 g/mol. The molecule has 3 aromatic heterocycles. The molecule has 4 rings (SSSR count). The Morgan fingerprint density at radius 1 is 1.25 bits per heavy atom. The molecule has 0 saturated heterocycles. The van der Waals surface area contributed by atoms with Crippen LogP contribution in [0.5, 0.6) is 0 Å². The third-order valence-corrected chi connectivity index (χ3v) is 4.67. The van der Waals surface area contributed by atoms with Crippen LogP contribution in [0, 0.1) is 0 Å². The van der Waals surface area contributed by atoms with Gasteiger partial charge in [-0.05, 0) is 0 Å². The van der Waals surface area contributed by atoms with Gasteiger partial charge in [0.2, 0.25) is 0 Å². The summed E-state index contributed by atoms with van der Waals surface area (Å²) in [5.74, 6) is -1.64. The summed E-state index contributed by atoms with van der Waals surface area (Å²) in [5.41, 5.74) is 1.18. The lowest BCUT2D eigenvalue weighted by atomic mass is 10.3. The van der Waals surface area contributed by atoms with Gasteiger partial charge in [-0.1, -0.05) is 0 Å². The maximum atomic E-state index is 10.6. The van der Waals surface area contributed by atoms with Gasteiger partial charge in [-0.25, -0.2) is 24.4 Å². The molecule has 0 spiro atoms. The van der Waals surface area contributed by atoms with Crippen LogP contribution >= 0.6 is 11.3 Å². The Balaban J connectivity index is 0.000000279. The van der Waals surface area contributed by atoms with Crippen molar-refractivity contribution in [3.63, 3.8) is 0 Å². The zero-order valence-corrected chi connectivity index (χ0v) is 15.3. The van der Waals surface area contributed by atoms with Crippen LogP contribution in [0.15, 0.2) is 30.4 Å². The van der Waals surface area contributed by atoms with E-state index in [-0.39, 0.29) is 0 Å². The van der Waals surface area contributed by atoms with Crippen LogP contribution in [0.1, 0.15) is 16.5 Å². The lowest BCUT2D eigenvalue weighted by Crippen LogP contribution is -2.34. The Morgan fingerprint density at radius 2 is 2.04 bits per heavy atom. The van der Waals surface area contributed by atoms with Crippen LogP contribution in [0.2, 0.25) is 0 Å². The van der Waals surface area contributed by atoms with Crippen LogP contribution in [0.3, 0.4) is 0 Å². The number of carbonyl (C=O) groups is 1. The van der Waals surface area contributed by atoms with Crippen molar-refractivity contribution in [2.75, 3.05) is 6.54 Å². The molecule has 0 aliphatic carbocycles. The number of hydrogen-bond acceptors (Lipinski definition) is 7. The molecule has 0 unspecified atom stereocenters. The summed E-state index contributed by atoms with van der Waals surface area (Å²) in [6, 6.07) is 0. The van der Waals surface area contributed by atoms with Gasteiger partial charge in [0.15, 0.2) is 0 Å². The second-order valence-corrected chi connectivity index (χ2v) is 6.83. The normalized spacial score (nSPS) is 14.2. The van der Waals surface area contributed by atoms with E-state index in [0.29, 0.717) is 0 Å². The molecule has 0 amide bonds. The fourth-order valence-electron chi connectivity index (χ4n) is 2.64. The second-order valence-electron chi connectivity index (χ2n) is 5.85. The quantitative estimate of drug-likeness (QED) is 0.691. The Kier molecular flexibility index (Phi) is 6.04. The van der Waals surface area contributed by atoms with Crippen LogP contribution in [-0.2, 0) is 31.0 Å². The molecule has 150 valence electrons. The first-order chi connectivity index (χ1) is 13.3. The van der Waals surface area contributed by atoms with Crippen molar-refractivity contribution in [1.29, 1.82) is 0 Å². The van der Waals surface area contributed by atoms with Crippen molar-refractivity contribution >= 4 is 17.3 Å². The number of aromatic nitrogens is 6. The van der Waals surface area contributed by atoms with E-state index in [2.05, 4.69) is 29.5 Å². The van der Waals surface area contributed by atoms with Gasteiger partial charge in [0.1, 0.15) is 23.5 Å². The van der Waals surface area contributed by atoms with Gasteiger partial charge in [-0.2, -0.15) is 18.3 Å². The molecular weight excluding hydrogens is 399 g/mol. The smallest absolute Gasteiger partial charge is 0.475 e. The Labute approximate surface area is 161 Å². The third kappa shape index (κ3) is 5.13. The standard InChI is InChI=1S/C13H15N7S.C2HF3O2/c1-4-21-13(15-1)8-18-2-3-20-11(5-16-12(20)7-18)6-19-10-14-9-17-19;3-2(4,5)1(6)7/h1,4-5,9-10H,2-3,6-8H2;(H,6,7). The third-order valence-electron chi connectivity index (χ3n) is 3.90. The SMILES string of the molecule is O=C(O)C(F)(F)F.c1csc(CN2CCn3c(Cn4cncn4)cnc3C2)n1. The van der Waals surface area contributed by atoms with Crippen molar-refractivity contribution in [2.24, 2.45) is 0 Å². The molecular formula is C15H16F3N7O2S. The molecule has 3 aromatic rings. The molecule has 4 heterocycles. The summed E-state index contributed by atoms with van der Waals surface area (Å²) in [5, 5.41) is 14.5. The topological polar surface area (TPSA) is 102 Å². The highest BCUT2D eigenvalue weighted by molar-refractivity contribution is 7.09. The molecule has 0 aromatic carbocycles. The van der Waals surface area contributed by atoms with Crippen LogP contribution in [0.25, 0.3) is 0 Å². The number of thiazole rings is 1. The zero-order valence-electron chi connectivity index (χ0n) is 14.5. The highest BCUT2D eigenvalue weighted by Gasteiger charge is 2.38. The van der Waals surface area contributed by atoms with Crippen LogP contribution < -0.4 is 0 Å². The first-order valence-electron chi connectivity index (χ1n) is 8.09. The average Bonchev–Trinajstić information content (AvgIpc) is 3.38. The molecule has 9 nitrogen and oxygen atoms in total. The fraction of sp³-hybridized carbons (Fsp3) is 0.400. The molecule has 0 radical (unpaired) electrons. The zero-order chi connectivity index (χ0) is 20.1. The largest absolute Gasteiger partial charge is 0.490 e. The first-order valence-corrected chi connectivity index (χ1v) is 8.97. The number of rotatable bonds is 4. The van der Waals surface area contributed by atoms with E-state index in [1.807, 2.05) is 22.5 Å². The van der Waals surface area contributed by atoms with Gasteiger partial charge in [-0.3, -0.25) is 4.90 Å². The van der Waals surface area contributed by atoms with Gasteiger partial charge in [0, 0.05) is 24.7 Å². The van der Waals surface area contributed by atoms with E-state index in [1.165, 1.54) is 5.69 Å². The van der Waals surface area contributed by atoms with Crippen molar-refractivity contribution < 1.29 is 23.1 Å². The van der Waals surface area contributed by atoms with Crippen molar-refractivity contribution in [1.82, 2.24) is 34.2 Å². The minimum atomic E-state index is -5.08. The number of aliphatic carboxylic acids is 1. The van der Waals surface area contributed by atoms with Crippen molar-refractivity contribution in [2.45, 2.75) is 32.4 Å². The highest BCUT2D eigenvalue weighted by atomic mass is 32.1. The predicted octanol–water partition coefficient (Wildman–Crippen LogP) is 1.63. The van der Waals surface area contributed by atoms with E-state index < -0.39 is 12.1 Å². The first kappa shape index (κ1) is 19.9. The minimum absolute atomic E-state index is 0.722. The lowest BCUT2D eigenvalue weighted by Gasteiger charge is -2.27. The van der Waals surface area contributed by atoms with E-state index in [0.717, 1.165) is 43.6 Å². The van der Waals surface area contributed by atoms with E-state index >= 15 is 0 Å². The summed E-state index contributed by atoms with van der Waals surface area (Å²) >= 11 is 1.71. The number of carboxylic acid groups (broad SMARTS) is 1. The fourth-order valence-corrected chi connectivity index (χ4v) is 3.29. The minimum Gasteiger partial charge on any atom is -0.475 e. The van der Waals surface area contributed by atoms with E-state index in [1.54, 1.807) is 24.0 Å². The van der Waals surface area contributed by atoms with E-state index in [4.69, 9.17) is 9.90 Å². The van der Waals surface area contributed by atoms with Crippen molar-refractivity contribution in [3.8, 4) is 0 Å². The van der Waals surface area contributed by atoms with Crippen molar-refractivity contribution in [3.05, 3.63) is 47.0 Å². The molecule has 0 fully saturated rings. The maximum absolute atomic E-state index is 10.6. The molecule has 28 heavy (non-hydrogen) atoms. The number of carboxylic acids is 1. The molecule has 13 heteroatoms. The van der Waals surface area contributed by atoms with Gasteiger partial charge < -0.3 is 9.67 Å². The van der Waals surface area contributed by atoms with Gasteiger partial charge >= 0.3 is 12.1 Å². The molecule has 0 bridgehead atoms. The summed E-state index contributed by atoms with van der Waals surface area (Å²) in [7, 11) is 0. The molecule has 0 saturated carbocycles. The number of halogens is 3. The van der Waals surface area contributed by atoms with Crippen LogP contribution in [0.4, 0.5) is 13.2 Å². The Morgan fingerprint density at radius 3 is 2.64 bits per heavy atom.